The molecular formula is C25H47NNa2O8S. The van der Waals surface area contributed by atoms with Gasteiger partial charge < -0.3 is 9.47 Å². The van der Waals surface area contributed by atoms with Crippen molar-refractivity contribution in [2.24, 2.45) is 5.73 Å². The molecule has 0 aliphatic carbocycles. The van der Waals surface area contributed by atoms with E-state index in [1.54, 1.807) is 0 Å². The van der Waals surface area contributed by atoms with Gasteiger partial charge in [0.05, 0.1) is 6.42 Å². The monoisotopic (exact) mass is 567 g/mol. The van der Waals surface area contributed by atoms with E-state index in [0.29, 0.717) is 6.42 Å². The van der Waals surface area contributed by atoms with Gasteiger partial charge in [0.25, 0.3) is 10.1 Å². The van der Waals surface area contributed by atoms with Crippen LogP contribution in [0.25, 0.3) is 0 Å². The van der Waals surface area contributed by atoms with E-state index in [2.05, 4.69) is 23.8 Å². The van der Waals surface area contributed by atoms with Gasteiger partial charge in [0, 0.05) is 6.42 Å². The molecule has 0 aromatic rings. The van der Waals surface area contributed by atoms with Crippen LogP contribution in [0.2, 0.25) is 0 Å². The first-order valence-electron chi connectivity index (χ1n) is 12.7. The van der Waals surface area contributed by atoms with E-state index in [4.69, 9.17) is 10.5 Å². The van der Waals surface area contributed by atoms with E-state index in [1.165, 1.54) is 52.4 Å². The molecular weight excluding hydrogens is 520 g/mol. The Balaban J connectivity index is -0.00000578. The number of unbranched alkanes of at least 4 members (excludes halogenated alkanes) is 11. The molecule has 0 rings (SSSR count). The van der Waals surface area contributed by atoms with Crippen LogP contribution in [0.4, 0.5) is 0 Å². The average Bonchev–Trinajstić information content (AvgIpc) is 2.72. The molecule has 0 bridgehead atoms. The molecule has 1 unspecified atom stereocenters. The molecule has 0 fully saturated rings. The summed E-state index contributed by atoms with van der Waals surface area (Å²) in [7, 11) is -4.96. The third kappa shape index (κ3) is 26.2. The van der Waals surface area contributed by atoms with E-state index in [9.17, 15) is 27.4 Å². The van der Waals surface area contributed by atoms with Gasteiger partial charge in [0.1, 0.15) is 0 Å². The molecule has 1 atom stereocenters. The summed E-state index contributed by atoms with van der Waals surface area (Å²) >= 11 is 0. The fraction of sp³-hybridized carbons (Fsp3) is 0.800. The van der Waals surface area contributed by atoms with E-state index in [-0.39, 0.29) is 65.5 Å². The zero-order valence-electron chi connectivity index (χ0n) is 21.6. The minimum atomic E-state index is -4.96. The van der Waals surface area contributed by atoms with E-state index in [0.717, 1.165) is 38.5 Å². The Kier molecular flexibility index (Phi) is 27.1. The molecule has 0 aromatic heterocycles. The molecule has 0 aromatic carbocycles. The van der Waals surface area contributed by atoms with Crippen LogP contribution >= 0.6 is 0 Å². The average molecular weight is 568 g/mol. The van der Waals surface area contributed by atoms with Crippen molar-refractivity contribution >= 4 is 87.1 Å². The molecule has 0 amide bonds. The summed E-state index contributed by atoms with van der Waals surface area (Å²) in [6.07, 6.45) is 17.9. The van der Waals surface area contributed by atoms with Gasteiger partial charge in [-0.3, -0.25) is 24.7 Å². The van der Waals surface area contributed by atoms with Gasteiger partial charge in [-0.25, -0.2) is 0 Å². The Labute approximate surface area is 267 Å². The van der Waals surface area contributed by atoms with Crippen molar-refractivity contribution in [1.29, 1.82) is 0 Å². The van der Waals surface area contributed by atoms with Crippen LogP contribution in [0.5, 0.6) is 0 Å². The van der Waals surface area contributed by atoms with Gasteiger partial charge >= 0.3 is 77.0 Å². The van der Waals surface area contributed by atoms with Crippen LogP contribution < -0.4 is 5.73 Å². The second-order valence-electron chi connectivity index (χ2n) is 9.41. The molecule has 0 aliphatic heterocycles. The molecule has 0 saturated heterocycles. The zero-order valence-corrected chi connectivity index (χ0v) is 22.4. The minimum absolute atomic E-state index is 0. The molecule has 0 radical (unpaired) electrons. The predicted molar refractivity (Wildman–Crippen MR) is 149 cm³/mol. The van der Waals surface area contributed by atoms with Gasteiger partial charge in [0.2, 0.25) is 0 Å². The number of hydrogen-bond donors (Lipinski definition) is 2. The summed E-state index contributed by atoms with van der Waals surface area (Å²) in [6, 6.07) is 0. The van der Waals surface area contributed by atoms with Crippen molar-refractivity contribution in [3.05, 3.63) is 12.2 Å². The fourth-order valence-electron chi connectivity index (χ4n) is 3.35. The first-order chi connectivity index (χ1) is 16.4. The summed E-state index contributed by atoms with van der Waals surface area (Å²) < 4.78 is 41.3. The van der Waals surface area contributed by atoms with E-state index >= 15 is 0 Å². The van der Waals surface area contributed by atoms with Crippen molar-refractivity contribution in [2.75, 3.05) is 0 Å². The Hall–Kier alpha value is 0.220. The third-order valence-electron chi connectivity index (χ3n) is 5.21. The first kappa shape index (κ1) is 41.7. The molecule has 12 heteroatoms. The zero-order chi connectivity index (χ0) is 26.7. The van der Waals surface area contributed by atoms with Crippen molar-refractivity contribution in [2.45, 2.75) is 128 Å². The van der Waals surface area contributed by atoms with Gasteiger partial charge in [-0.2, -0.15) is 8.42 Å². The van der Waals surface area contributed by atoms with Gasteiger partial charge in [0.15, 0.2) is 11.0 Å². The van der Waals surface area contributed by atoms with Crippen LogP contribution in [0, 0.1) is 0 Å². The Morgan fingerprint density at radius 3 is 1.76 bits per heavy atom. The third-order valence-corrected chi connectivity index (χ3v) is 6.29. The molecule has 0 saturated carbocycles. The van der Waals surface area contributed by atoms with Crippen molar-refractivity contribution in [3.8, 4) is 0 Å². The summed E-state index contributed by atoms with van der Waals surface area (Å²) in [5.41, 5.74) is 3.97. The van der Waals surface area contributed by atoms with E-state index < -0.39 is 45.4 Å². The van der Waals surface area contributed by atoms with E-state index in [1.807, 2.05) is 0 Å². The number of nitrogens with two attached hydrogens (primary N) is 1. The second-order valence-corrected chi connectivity index (χ2v) is 11.0. The predicted octanol–water partition coefficient (Wildman–Crippen LogP) is 3.68. The fourth-order valence-corrected chi connectivity index (χ4v) is 3.98. The van der Waals surface area contributed by atoms with Crippen LogP contribution in [-0.4, -0.2) is 101 Å². The molecule has 208 valence electrons. The summed E-state index contributed by atoms with van der Waals surface area (Å²) in [6.45, 7) is 4.81. The summed E-state index contributed by atoms with van der Waals surface area (Å²) in [5, 5.41) is -2.22. The number of allylic oxidation sites excluding steroid dienone is 2. The van der Waals surface area contributed by atoms with Crippen molar-refractivity contribution in [1.82, 2.24) is 0 Å². The van der Waals surface area contributed by atoms with Gasteiger partial charge in [-0.1, -0.05) is 70.4 Å². The molecule has 0 aliphatic rings. The quantitative estimate of drug-likeness (QED) is 0.0427. The second kappa shape index (κ2) is 24.1. The van der Waals surface area contributed by atoms with Crippen molar-refractivity contribution < 1.29 is 36.8 Å². The number of carbonyl (C=O) groups is 3. The maximum atomic E-state index is 11.9. The van der Waals surface area contributed by atoms with Crippen LogP contribution in [0.15, 0.2) is 12.2 Å². The topological polar surface area (TPSA) is 150 Å². The number of rotatable bonds is 20. The number of carbonyl (C=O) groups excluding carboxylic acids is 3. The molecule has 0 spiro atoms. The molecule has 37 heavy (non-hydrogen) atoms. The maximum absolute atomic E-state index is 11.9. The van der Waals surface area contributed by atoms with Gasteiger partial charge in [-0.15, -0.1) is 0 Å². The Morgan fingerprint density at radius 2 is 1.30 bits per heavy atom. The SMILES string of the molecule is CCCCCCCC/C=C\CCCCCCCC(=O)OC(=O)CC(C(=O)OC(C)(C)N)S(=O)(=O)O.[NaH].[NaH]. The molecule has 9 nitrogen and oxygen atoms in total. The molecule has 0 heterocycles. The summed E-state index contributed by atoms with van der Waals surface area (Å²) in [5.74, 6) is -3.45. The number of ether oxygens (including phenoxy) is 2. The molecule has 3 N–H and O–H groups in total. The van der Waals surface area contributed by atoms with Crippen LogP contribution in [0.1, 0.15) is 117 Å². The summed E-state index contributed by atoms with van der Waals surface area (Å²) in [4.78, 5) is 35.6. The Bertz CT molecular complexity index is 767. The first-order valence-corrected chi connectivity index (χ1v) is 14.2. The Morgan fingerprint density at radius 1 is 0.838 bits per heavy atom. The number of esters is 3. The normalized spacial score (nSPS) is 12.4. The van der Waals surface area contributed by atoms with Crippen LogP contribution in [-0.2, 0) is 34.0 Å². The van der Waals surface area contributed by atoms with Gasteiger partial charge in [-0.05, 0) is 46.0 Å². The van der Waals surface area contributed by atoms with Crippen LogP contribution in [0.3, 0.4) is 0 Å². The standard InChI is InChI=1S/C25H45NO8S.2Na.2H/c1-4-5-6-7-8-9-10-11-12-13-14-15-16-17-18-19-22(27)33-23(28)20-21(35(30,31)32)24(29)34-25(2,3)26;;;;/h11-12,21H,4-10,13-20,26H2,1-3H3,(H,30,31,32);;;;/b12-11-;;;;. The number of hydrogen-bond acceptors (Lipinski definition) is 8. The van der Waals surface area contributed by atoms with Crippen molar-refractivity contribution in [3.63, 3.8) is 0 Å².